The standard InChI is InChI=1S/C12H15N3O2S/c1-7(8-2-4-9(13)5-3-8)14-11(16)10-6-18-12(17)15-10/h2-5,7,10H,6,13H2,1H3,(H,14,16)(H,15,17). The van der Waals surface area contributed by atoms with E-state index < -0.39 is 6.04 Å². The summed E-state index contributed by atoms with van der Waals surface area (Å²) in [6.45, 7) is 1.90. The third-order valence-electron chi connectivity index (χ3n) is 2.78. The molecule has 0 spiro atoms. The molecule has 6 heteroatoms. The quantitative estimate of drug-likeness (QED) is 0.719. The number of nitrogen functional groups attached to an aromatic ring is 1. The molecule has 0 aromatic heterocycles. The third kappa shape index (κ3) is 2.95. The first-order valence-corrected chi connectivity index (χ1v) is 6.64. The van der Waals surface area contributed by atoms with E-state index in [1.807, 2.05) is 19.1 Å². The van der Waals surface area contributed by atoms with Crippen molar-refractivity contribution in [3.05, 3.63) is 29.8 Å². The van der Waals surface area contributed by atoms with Gasteiger partial charge in [-0.05, 0) is 24.6 Å². The summed E-state index contributed by atoms with van der Waals surface area (Å²) in [4.78, 5) is 22.9. The van der Waals surface area contributed by atoms with Gasteiger partial charge >= 0.3 is 0 Å². The van der Waals surface area contributed by atoms with Crippen LogP contribution in [0.2, 0.25) is 0 Å². The lowest BCUT2D eigenvalue weighted by molar-refractivity contribution is -0.122. The van der Waals surface area contributed by atoms with Gasteiger partial charge in [0.15, 0.2) is 0 Å². The number of benzene rings is 1. The van der Waals surface area contributed by atoms with E-state index in [1.54, 1.807) is 12.1 Å². The monoisotopic (exact) mass is 265 g/mol. The van der Waals surface area contributed by atoms with Crippen LogP contribution in [0.15, 0.2) is 24.3 Å². The minimum Gasteiger partial charge on any atom is -0.399 e. The number of amides is 2. The molecule has 5 nitrogen and oxygen atoms in total. The first-order chi connectivity index (χ1) is 8.56. The molecule has 1 aromatic carbocycles. The summed E-state index contributed by atoms with van der Waals surface area (Å²) in [5, 5.41) is 5.34. The van der Waals surface area contributed by atoms with Gasteiger partial charge in [0.25, 0.3) is 5.24 Å². The predicted octanol–water partition coefficient (Wildman–Crippen LogP) is 1.27. The van der Waals surface area contributed by atoms with Gasteiger partial charge in [0.05, 0.1) is 6.04 Å². The highest BCUT2D eigenvalue weighted by Gasteiger charge is 2.28. The Morgan fingerprint density at radius 1 is 1.50 bits per heavy atom. The zero-order chi connectivity index (χ0) is 13.1. The van der Waals surface area contributed by atoms with Gasteiger partial charge in [0.1, 0.15) is 6.04 Å². The van der Waals surface area contributed by atoms with Gasteiger partial charge < -0.3 is 16.4 Å². The number of nitrogens with one attached hydrogen (secondary N) is 2. The summed E-state index contributed by atoms with van der Waals surface area (Å²) in [6.07, 6.45) is 0. The topological polar surface area (TPSA) is 84.2 Å². The maximum atomic E-state index is 11.9. The average molecular weight is 265 g/mol. The van der Waals surface area contributed by atoms with Crippen LogP contribution in [0.3, 0.4) is 0 Å². The molecule has 1 aliphatic rings. The van der Waals surface area contributed by atoms with Crippen molar-refractivity contribution in [3.8, 4) is 0 Å². The number of anilines is 1. The summed E-state index contributed by atoms with van der Waals surface area (Å²) in [6, 6.07) is 6.81. The first-order valence-electron chi connectivity index (χ1n) is 5.65. The maximum Gasteiger partial charge on any atom is 0.279 e. The summed E-state index contributed by atoms with van der Waals surface area (Å²) < 4.78 is 0. The third-order valence-corrected chi connectivity index (χ3v) is 3.66. The molecule has 0 saturated carbocycles. The number of carbonyl (C=O) groups excluding carboxylic acids is 2. The molecular formula is C12H15N3O2S. The Morgan fingerprint density at radius 3 is 2.72 bits per heavy atom. The summed E-state index contributed by atoms with van der Waals surface area (Å²) in [5.41, 5.74) is 7.28. The second-order valence-corrected chi connectivity index (χ2v) is 5.19. The Labute approximate surface area is 110 Å². The van der Waals surface area contributed by atoms with Crippen molar-refractivity contribution >= 4 is 28.6 Å². The molecule has 2 amide bonds. The maximum absolute atomic E-state index is 11.9. The van der Waals surface area contributed by atoms with E-state index in [2.05, 4.69) is 10.6 Å². The molecule has 18 heavy (non-hydrogen) atoms. The van der Waals surface area contributed by atoms with Crippen molar-refractivity contribution in [2.45, 2.75) is 19.0 Å². The predicted molar refractivity (Wildman–Crippen MR) is 72.2 cm³/mol. The Morgan fingerprint density at radius 2 is 2.17 bits per heavy atom. The van der Waals surface area contributed by atoms with E-state index in [0.29, 0.717) is 11.4 Å². The van der Waals surface area contributed by atoms with Crippen molar-refractivity contribution in [2.24, 2.45) is 0 Å². The van der Waals surface area contributed by atoms with Gasteiger partial charge in [-0.15, -0.1) is 0 Å². The van der Waals surface area contributed by atoms with Gasteiger partial charge in [-0.1, -0.05) is 23.9 Å². The molecule has 1 aromatic rings. The van der Waals surface area contributed by atoms with Crippen molar-refractivity contribution in [1.29, 1.82) is 0 Å². The number of carbonyl (C=O) groups is 2. The number of hydrogen-bond acceptors (Lipinski definition) is 4. The first kappa shape index (κ1) is 12.8. The Balaban J connectivity index is 1.94. The van der Waals surface area contributed by atoms with Crippen LogP contribution in [-0.2, 0) is 4.79 Å². The second kappa shape index (κ2) is 5.30. The second-order valence-electron chi connectivity index (χ2n) is 4.19. The van der Waals surface area contributed by atoms with E-state index in [-0.39, 0.29) is 17.2 Å². The molecular weight excluding hydrogens is 250 g/mol. The minimum atomic E-state index is -0.432. The lowest BCUT2D eigenvalue weighted by Crippen LogP contribution is -2.43. The van der Waals surface area contributed by atoms with E-state index in [4.69, 9.17) is 5.73 Å². The van der Waals surface area contributed by atoms with Gasteiger partial charge in [-0.3, -0.25) is 9.59 Å². The molecule has 1 fully saturated rings. The lowest BCUT2D eigenvalue weighted by atomic mass is 10.1. The largest absolute Gasteiger partial charge is 0.399 e. The molecule has 0 bridgehead atoms. The number of thioether (sulfide) groups is 1. The van der Waals surface area contributed by atoms with E-state index in [1.165, 1.54) is 0 Å². The molecule has 1 aliphatic heterocycles. The van der Waals surface area contributed by atoms with Gasteiger partial charge in [0, 0.05) is 11.4 Å². The van der Waals surface area contributed by atoms with E-state index in [9.17, 15) is 9.59 Å². The zero-order valence-corrected chi connectivity index (χ0v) is 10.8. The summed E-state index contributed by atoms with van der Waals surface area (Å²) in [7, 11) is 0. The smallest absolute Gasteiger partial charge is 0.279 e. The van der Waals surface area contributed by atoms with Gasteiger partial charge in [-0.2, -0.15) is 0 Å². The Kier molecular flexibility index (Phi) is 3.76. The van der Waals surface area contributed by atoms with E-state index in [0.717, 1.165) is 17.3 Å². The van der Waals surface area contributed by atoms with Crippen molar-refractivity contribution in [1.82, 2.24) is 10.6 Å². The molecule has 0 aliphatic carbocycles. The SMILES string of the molecule is CC(NC(=O)C1CSC(=O)N1)c1ccc(N)cc1. The molecule has 2 atom stereocenters. The van der Waals surface area contributed by atoms with Crippen LogP contribution in [0.1, 0.15) is 18.5 Å². The van der Waals surface area contributed by atoms with Gasteiger partial charge in [0.2, 0.25) is 5.91 Å². The molecule has 0 radical (unpaired) electrons. The van der Waals surface area contributed by atoms with Crippen molar-refractivity contribution in [2.75, 3.05) is 11.5 Å². The molecule has 1 heterocycles. The number of hydrogen-bond donors (Lipinski definition) is 3. The highest BCUT2D eigenvalue weighted by Crippen LogP contribution is 2.17. The number of nitrogens with two attached hydrogens (primary N) is 1. The fourth-order valence-electron chi connectivity index (χ4n) is 1.71. The van der Waals surface area contributed by atoms with E-state index >= 15 is 0 Å². The molecule has 96 valence electrons. The van der Waals surface area contributed by atoms with Crippen LogP contribution in [0, 0.1) is 0 Å². The van der Waals surface area contributed by atoms with Crippen molar-refractivity contribution in [3.63, 3.8) is 0 Å². The van der Waals surface area contributed by atoms with Crippen molar-refractivity contribution < 1.29 is 9.59 Å². The summed E-state index contributed by atoms with van der Waals surface area (Å²) in [5.74, 6) is 0.330. The molecule has 1 saturated heterocycles. The summed E-state index contributed by atoms with van der Waals surface area (Å²) >= 11 is 1.13. The molecule has 2 rings (SSSR count). The Bertz CT molecular complexity index is 461. The molecule has 2 unspecified atom stereocenters. The van der Waals surface area contributed by atoms with Crippen LogP contribution in [-0.4, -0.2) is 22.9 Å². The normalized spacial score (nSPS) is 20.3. The fourth-order valence-corrected chi connectivity index (χ4v) is 2.49. The lowest BCUT2D eigenvalue weighted by Gasteiger charge is -2.17. The number of rotatable bonds is 3. The highest BCUT2D eigenvalue weighted by atomic mass is 32.2. The average Bonchev–Trinajstić information content (AvgIpc) is 2.76. The zero-order valence-electron chi connectivity index (χ0n) is 9.97. The van der Waals surface area contributed by atoms with Crippen LogP contribution in [0.25, 0.3) is 0 Å². The van der Waals surface area contributed by atoms with Crippen LogP contribution >= 0.6 is 11.8 Å². The van der Waals surface area contributed by atoms with Crippen LogP contribution in [0.4, 0.5) is 10.5 Å². The molecule has 4 N–H and O–H groups in total. The van der Waals surface area contributed by atoms with Crippen LogP contribution < -0.4 is 16.4 Å². The Hall–Kier alpha value is -1.69. The van der Waals surface area contributed by atoms with Gasteiger partial charge in [-0.25, -0.2) is 0 Å². The fraction of sp³-hybridized carbons (Fsp3) is 0.333. The highest BCUT2D eigenvalue weighted by molar-refractivity contribution is 8.14. The minimum absolute atomic E-state index is 0.111. The van der Waals surface area contributed by atoms with Crippen LogP contribution in [0.5, 0.6) is 0 Å².